The van der Waals surface area contributed by atoms with Crippen LogP contribution in [0.5, 0.6) is 17.2 Å². The van der Waals surface area contributed by atoms with E-state index in [0.717, 1.165) is 31.5 Å². The van der Waals surface area contributed by atoms with Crippen molar-refractivity contribution in [3.63, 3.8) is 0 Å². The van der Waals surface area contributed by atoms with Crippen molar-refractivity contribution >= 4 is 0 Å². The zero-order valence-corrected chi connectivity index (χ0v) is 21.0. The summed E-state index contributed by atoms with van der Waals surface area (Å²) in [5.41, 5.74) is 2.40. The topological polar surface area (TPSA) is 67.2 Å². The van der Waals surface area contributed by atoms with Crippen LogP contribution in [0.2, 0.25) is 0 Å². The number of benzene rings is 2. The largest absolute Gasteiger partial charge is 0.508 e. The lowest BCUT2D eigenvalue weighted by atomic mass is 10.0. The van der Waals surface area contributed by atoms with Gasteiger partial charge in [0.25, 0.3) is 0 Å². The van der Waals surface area contributed by atoms with Crippen LogP contribution in [-0.2, 0) is 12.8 Å². The quantitative estimate of drug-likeness (QED) is 0.231. The van der Waals surface area contributed by atoms with Gasteiger partial charge in [-0.25, -0.2) is 0 Å². The van der Waals surface area contributed by atoms with Crippen LogP contribution < -0.4 is 0 Å². The number of nitrogens with zero attached hydrogens (tertiary/aromatic N) is 2. The number of hydrogen-bond acceptors (Lipinski definition) is 5. The molecule has 0 saturated carbocycles. The lowest BCUT2D eigenvalue weighted by Crippen LogP contribution is -2.32. The van der Waals surface area contributed by atoms with Crippen LogP contribution in [0.1, 0.15) is 69.4 Å². The Labute approximate surface area is 206 Å². The van der Waals surface area contributed by atoms with Crippen molar-refractivity contribution in [2.45, 2.75) is 77.2 Å². The van der Waals surface area contributed by atoms with E-state index < -0.39 is 0 Å². The van der Waals surface area contributed by atoms with E-state index in [1.165, 1.54) is 76.6 Å². The van der Waals surface area contributed by atoms with Gasteiger partial charge in [0.1, 0.15) is 5.75 Å². The van der Waals surface area contributed by atoms with Crippen molar-refractivity contribution in [1.29, 1.82) is 0 Å². The van der Waals surface area contributed by atoms with Gasteiger partial charge in [0.15, 0.2) is 11.5 Å². The maximum Gasteiger partial charge on any atom is 0.157 e. The molecule has 1 heterocycles. The van der Waals surface area contributed by atoms with E-state index in [0.29, 0.717) is 11.8 Å². The molecule has 5 nitrogen and oxygen atoms in total. The molecular weight excluding hydrogens is 424 g/mol. The molecule has 1 atom stereocenters. The molecule has 1 aliphatic heterocycles. The van der Waals surface area contributed by atoms with Crippen molar-refractivity contribution in [2.75, 3.05) is 32.7 Å². The Morgan fingerprint density at radius 2 is 1.56 bits per heavy atom. The van der Waals surface area contributed by atoms with Gasteiger partial charge < -0.3 is 25.1 Å². The van der Waals surface area contributed by atoms with Gasteiger partial charge in [-0.15, -0.1) is 0 Å². The van der Waals surface area contributed by atoms with Crippen LogP contribution in [0.3, 0.4) is 0 Å². The van der Waals surface area contributed by atoms with Gasteiger partial charge in [0.05, 0.1) is 0 Å². The molecule has 1 aliphatic rings. The molecule has 188 valence electrons. The second kappa shape index (κ2) is 14.2. The number of hydrogen-bond donors (Lipinski definition) is 3. The van der Waals surface area contributed by atoms with Gasteiger partial charge in [-0.3, -0.25) is 0 Å². The monoisotopic (exact) mass is 468 g/mol. The van der Waals surface area contributed by atoms with Crippen LogP contribution in [0.15, 0.2) is 42.5 Å². The Morgan fingerprint density at radius 1 is 0.824 bits per heavy atom. The maximum atomic E-state index is 9.78. The molecule has 3 rings (SSSR count). The predicted octanol–water partition coefficient (Wildman–Crippen LogP) is 5.72. The molecule has 0 spiro atoms. The van der Waals surface area contributed by atoms with Crippen molar-refractivity contribution in [3.05, 3.63) is 53.6 Å². The summed E-state index contributed by atoms with van der Waals surface area (Å²) in [6, 6.07) is 13.4. The Hall–Kier alpha value is -2.24. The molecule has 1 saturated heterocycles. The fourth-order valence-electron chi connectivity index (χ4n) is 5.06. The van der Waals surface area contributed by atoms with Crippen LogP contribution in [-0.4, -0.2) is 63.9 Å². The average Bonchev–Trinajstić information content (AvgIpc) is 3.27. The highest BCUT2D eigenvalue weighted by Gasteiger charge is 2.24. The minimum Gasteiger partial charge on any atom is -0.508 e. The van der Waals surface area contributed by atoms with Crippen LogP contribution in [0.25, 0.3) is 0 Å². The molecule has 34 heavy (non-hydrogen) atoms. The summed E-state index contributed by atoms with van der Waals surface area (Å²) in [7, 11) is 0. The van der Waals surface area contributed by atoms with E-state index >= 15 is 0 Å². The summed E-state index contributed by atoms with van der Waals surface area (Å²) in [6.07, 6.45) is 12.0. The number of likely N-dealkylation sites (tertiary alicyclic amines) is 1. The summed E-state index contributed by atoms with van der Waals surface area (Å²) in [5, 5.41) is 28.8. The summed E-state index contributed by atoms with van der Waals surface area (Å²) >= 11 is 0. The van der Waals surface area contributed by atoms with E-state index in [9.17, 15) is 15.3 Å². The van der Waals surface area contributed by atoms with Crippen molar-refractivity contribution in [2.24, 2.45) is 0 Å². The first-order valence-corrected chi connectivity index (χ1v) is 13.3. The Kier molecular flexibility index (Phi) is 11.0. The third-order valence-electron chi connectivity index (χ3n) is 7.16. The number of unbranched alkanes of at least 4 members (excludes halogenated alkanes) is 4. The lowest BCUT2D eigenvalue weighted by Gasteiger charge is -2.25. The SMILES string of the molecule is CCCCN(CCCCCCN1CCC[C@@H]1Cc1ccc(O)c(O)c1)CCc1ccc(O)cc1. The van der Waals surface area contributed by atoms with E-state index in [1.54, 1.807) is 24.3 Å². The number of aromatic hydroxyl groups is 3. The molecular formula is C29H44N2O3. The Morgan fingerprint density at radius 3 is 2.32 bits per heavy atom. The highest BCUT2D eigenvalue weighted by molar-refractivity contribution is 5.40. The van der Waals surface area contributed by atoms with Crippen LogP contribution >= 0.6 is 0 Å². The predicted molar refractivity (Wildman–Crippen MR) is 140 cm³/mol. The standard InChI is InChI=1S/C29H44N2O3/c1-2-3-17-30(21-16-24-10-13-27(32)14-11-24)18-6-4-5-7-19-31-20-8-9-26(31)22-25-12-15-28(33)29(34)23-25/h10-15,23,26,32-34H,2-9,16-22H2,1H3/t26-/m1/s1. The molecule has 5 heteroatoms. The molecule has 0 bridgehead atoms. The summed E-state index contributed by atoms with van der Waals surface area (Å²) < 4.78 is 0. The molecule has 3 N–H and O–H groups in total. The first-order chi connectivity index (χ1) is 16.5. The average molecular weight is 469 g/mol. The minimum atomic E-state index is -0.0411. The molecule has 0 amide bonds. The van der Waals surface area contributed by atoms with Gasteiger partial charge in [0.2, 0.25) is 0 Å². The molecule has 2 aromatic rings. The molecule has 0 aromatic heterocycles. The van der Waals surface area contributed by atoms with E-state index in [-0.39, 0.29) is 11.5 Å². The first-order valence-electron chi connectivity index (χ1n) is 13.3. The van der Waals surface area contributed by atoms with Crippen molar-refractivity contribution in [1.82, 2.24) is 9.80 Å². The zero-order valence-electron chi connectivity index (χ0n) is 21.0. The van der Waals surface area contributed by atoms with Gasteiger partial charge in [-0.1, -0.05) is 44.4 Å². The summed E-state index contributed by atoms with van der Waals surface area (Å²) in [6.45, 7) is 8.04. The van der Waals surface area contributed by atoms with E-state index in [1.807, 2.05) is 18.2 Å². The molecule has 0 aliphatic carbocycles. The minimum absolute atomic E-state index is 0.0157. The number of phenolic OH excluding ortho intramolecular Hbond substituents is 3. The van der Waals surface area contributed by atoms with Crippen molar-refractivity contribution < 1.29 is 15.3 Å². The maximum absolute atomic E-state index is 9.78. The van der Waals surface area contributed by atoms with Crippen LogP contribution in [0, 0.1) is 0 Å². The highest BCUT2D eigenvalue weighted by atomic mass is 16.3. The normalized spacial score (nSPS) is 16.5. The van der Waals surface area contributed by atoms with Gasteiger partial charge in [0, 0.05) is 12.6 Å². The van der Waals surface area contributed by atoms with Crippen LogP contribution in [0.4, 0.5) is 0 Å². The van der Waals surface area contributed by atoms with Gasteiger partial charge in [-0.05, 0) is 107 Å². The second-order valence-electron chi connectivity index (χ2n) is 9.89. The number of phenols is 3. The molecule has 0 unspecified atom stereocenters. The fourth-order valence-corrected chi connectivity index (χ4v) is 5.06. The summed E-state index contributed by atoms with van der Waals surface area (Å²) in [4.78, 5) is 5.23. The molecule has 0 radical (unpaired) electrons. The van der Waals surface area contributed by atoms with Gasteiger partial charge >= 0.3 is 0 Å². The van der Waals surface area contributed by atoms with E-state index in [2.05, 4.69) is 16.7 Å². The third-order valence-corrected chi connectivity index (χ3v) is 7.16. The second-order valence-corrected chi connectivity index (χ2v) is 9.89. The van der Waals surface area contributed by atoms with E-state index in [4.69, 9.17) is 0 Å². The van der Waals surface area contributed by atoms with Gasteiger partial charge in [-0.2, -0.15) is 0 Å². The third kappa shape index (κ3) is 8.84. The molecule has 1 fully saturated rings. The smallest absolute Gasteiger partial charge is 0.157 e. The van der Waals surface area contributed by atoms with Crippen molar-refractivity contribution in [3.8, 4) is 17.2 Å². The Balaban J connectivity index is 1.32. The highest BCUT2D eigenvalue weighted by Crippen LogP contribution is 2.28. The summed E-state index contributed by atoms with van der Waals surface area (Å²) in [5.74, 6) is 0.283. The lowest BCUT2D eigenvalue weighted by molar-refractivity contribution is 0.242. The molecule has 2 aromatic carbocycles. The number of rotatable bonds is 15. The fraction of sp³-hybridized carbons (Fsp3) is 0.586. The first kappa shape index (κ1) is 26.4. The Bertz CT molecular complexity index is 840. The zero-order chi connectivity index (χ0) is 24.2.